The van der Waals surface area contributed by atoms with Gasteiger partial charge in [-0.3, -0.25) is 0 Å². The van der Waals surface area contributed by atoms with Gasteiger partial charge in [-0.05, 0) is 36.6 Å². The Hall–Kier alpha value is -1.14. The molecule has 1 fully saturated rings. The van der Waals surface area contributed by atoms with Crippen molar-refractivity contribution < 1.29 is 17.6 Å². The maximum atomic E-state index is 13.4. The highest BCUT2D eigenvalue weighted by Gasteiger charge is 2.32. The normalized spacial score (nSPS) is 18.4. The molecular weight excluding hydrogens is 272 g/mol. The van der Waals surface area contributed by atoms with Gasteiger partial charge in [-0.15, -0.1) is 0 Å². The summed E-state index contributed by atoms with van der Waals surface area (Å²) < 4.78 is 51.5. The van der Waals surface area contributed by atoms with E-state index in [0.29, 0.717) is 6.07 Å². The fourth-order valence-corrected chi connectivity index (χ4v) is 2.65. The molecule has 0 amide bonds. The number of rotatable bonds is 4. The van der Waals surface area contributed by atoms with Crippen LogP contribution in [-0.2, 0) is 6.18 Å². The van der Waals surface area contributed by atoms with Gasteiger partial charge in [0.2, 0.25) is 0 Å². The molecule has 1 aromatic carbocycles. The molecule has 0 aromatic heterocycles. The summed E-state index contributed by atoms with van der Waals surface area (Å²) in [5, 5.41) is 3.23. The van der Waals surface area contributed by atoms with Gasteiger partial charge in [0.1, 0.15) is 5.82 Å². The highest BCUT2D eigenvalue weighted by Crippen LogP contribution is 2.32. The lowest BCUT2D eigenvalue weighted by Crippen LogP contribution is -2.35. The quantitative estimate of drug-likeness (QED) is 0.834. The molecule has 0 bridgehead atoms. The van der Waals surface area contributed by atoms with E-state index in [4.69, 9.17) is 5.73 Å². The maximum Gasteiger partial charge on any atom is 0.416 e. The van der Waals surface area contributed by atoms with Crippen LogP contribution in [0.3, 0.4) is 0 Å². The molecule has 0 radical (unpaired) electrons. The van der Waals surface area contributed by atoms with E-state index in [1.165, 1.54) is 0 Å². The monoisotopic (exact) mass is 290 g/mol. The zero-order chi connectivity index (χ0) is 14.8. The van der Waals surface area contributed by atoms with Gasteiger partial charge < -0.3 is 11.1 Å². The molecule has 0 spiro atoms. The predicted octanol–water partition coefficient (Wildman–Crippen LogP) is 3.38. The van der Waals surface area contributed by atoms with Crippen molar-refractivity contribution in [2.45, 2.75) is 43.9 Å². The molecule has 6 heteroatoms. The van der Waals surface area contributed by atoms with Crippen LogP contribution in [0, 0.1) is 5.82 Å². The highest BCUT2D eigenvalue weighted by molar-refractivity contribution is 5.29. The third-order valence-corrected chi connectivity index (χ3v) is 3.68. The van der Waals surface area contributed by atoms with Crippen molar-refractivity contribution in [2.75, 3.05) is 6.54 Å². The van der Waals surface area contributed by atoms with Crippen LogP contribution in [0.5, 0.6) is 0 Å². The lowest BCUT2D eigenvalue weighted by molar-refractivity contribution is -0.137. The number of nitrogens with two attached hydrogens (primary N) is 1. The molecule has 2 nitrogen and oxygen atoms in total. The third-order valence-electron chi connectivity index (χ3n) is 3.68. The topological polar surface area (TPSA) is 38.0 Å². The third kappa shape index (κ3) is 3.70. The molecule has 1 aliphatic rings. The van der Waals surface area contributed by atoms with Gasteiger partial charge in [0, 0.05) is 18.6 Å². The summed E-state index contributed by atoms with van der Waals surface area (Å²) >= 11 is 0. The van der Waals surface area contributed by atoms with E-state index in [2.05, 4.69) is 5.32 Å². The fraction of sp³-hybridized carbons (Fsp3) is 0.571. The summed E-state index contributed by atoms with van der Waals surface area (Å²) in [7, 11) is 0. The molecule has 1 saturated carbocycles. The molecule has 1 aliphatic carbocycles. The molecule has 1 atom stereocenters. The van der Waals surface area contributed by atoms with E-state index in [9.17, 15) is 17.6 Å². The van der Waals surface area contributed by atoms with Crippen molar-refractivity contribution in [1.29, 1.82) is 0 Å². The average Bonchev–Trinajstić information content (AvgIpc) is 2.87. The number of alkyl halides is 3. The van der Waals surface area contributed by atoms with Crippen LogP contribution in [0.4, 0.5) is 17.6 Å². The first-order valence-electron chi connectivity index (χ1n) is 6.74. The Morgan fingerprint density at radius 3 is 2.40 bits per heavy atom. The van der Waals surface area contributed by atoms with Crippen LogP contribution in [0.15, 0.2) is 18.2 Å². The second-order valence-electron chi connectivity index (χ2n) is 5.21. The molecule has 1 aromatic rings. The first kappa shape index (κ1) is 15.3. The van der Waals surface area contributed by atoms with E-state index in [0.717, 1.165) is 37.8 Å². The van der Waals surface area contributed by atoms with Gasteiger partial charge in [-0.1, -0.05) is 12.8 Å². The minimum absolute atomic E-state index is 0.136. The summed E-state index contributed by atoms with van der Waals surface area (Å²) in [4.78, 5) is 0. The predicted molar refractivity (Wildman–Crippen MR) is 68.6 cm³/mol. The lowest BCUT2D eigenvalue weighted by Gasteiger charge is -2.23. The first-order valence-corrected chi connectivity index (χ1v) is 6.74. The van der Waals surface area contributed by atoms with Gasteiger partial charge in [0.05, 0.1) is 5.56 Å². The molecule has 3 N–H and O–H groups in total. The maximum absolute atomic E-state index is 13.4. The van der Waals surface area contributed by atoms with Gasteiger partial charge >= 0.3 is 6.18 Å². The zero-order valence-electron chi connectivity index (χ0n) is 11.0. The Balaban J connectivity index is 2.22. The molecular formula is C14H18F4N2. The van der Waals surface area contributed by atoms with E-state index in [1.807, 2.05) is 0 Å². The largest absolute Gasteiger partial charge is 0.416 e. The molecule has 0 saturated heterocycles. The van der Waals surface area contributed by atoms with Crippen LogP contribution in [-0.4, -0.2) is 12.6 Å². The van der Waals surface area contributed by atoms with Crippen LogP contribution in [0.2, 0.25) is 0 Å². The smallest absolute Gasteiger partial charge is 0.329 e. The number of hydrogen-bond acceptors (Lipinski definition) is 2. The summed E-state index contributed by atoms with van der Waals surface area (Å²) in [5.41, 5.74) is 4.91. The van der Waals surface area contributed by atoms with Crippen LogP contribution >= 0.6 is 0 Å². The molecule has 1 unspecified atom stereocenters. The van der Waals surface area contributed by atoms with Gasteiger partial charge in [0.25, 0.3) is 0 Å². The summed E-state index contributed by atoms with van der Waals surface area (Å²) in [6.45, 7) is 0.136. The van der Waals surface area contributed by atoms with Gasteiger partial charge in [-0.2, -0.15) is 13.2 Å². The van der Waals surface area contributed by atoms with Crippen molar-refractivity contribution in [3.05, 3.63) is 35.1 Å². The highest BCUT2D eigenvalue weighted by atomic mass is 19.4. The number of nitrogens with one attached hydrogen (secondary N) is 1. The Labute approximate surface area is 115 Å². The Morgan fingerprint density at radius 1 is 1.20 bits per heavy atom. The number of benzene rings is 1. The van der Waals surface area contributed by atoms with Gasteiger partial charge in [-0.25, -0.2) is 4.39 Å². The average molecular weight is 290 g/mol. The molecule has 0 heterocycles. The molecule has 20 heavy (non-hydrogen) atoms. The Morgan fingerprint density at radius 2 is 1.85 bits per heavy atom. The minimum atomic E-state index is -4.55. The summed E-state index contributed by atoms with van der Waals surface area (Å²) in [6.07, 6.45) is -0.378. The van der Waals surface area contributed by atoms with Crippen molar-refractivity contribution in [3.63, 3.8) is 0 Å². The first-order chi connectivity index (χ1) is 9.40. The lowest BCUT2D eigenvalue weighted by atomic mass is 10.0. The van der Waals surface area contributed by atoms with Crippen molar-refractivity contribution in [2.24, 2.45) is 5.73 Å². The summed E-state index contributed by atoms with van der Waals surface area (Å²) in [5.74, 6) is -0.888. The molecule has 2 rings (SSSR count). The number of hydrogen-bond donors (Lipinski definition) is 2. The molecule has 112 valence electrons. The van der Waals surface area contributed by atoms with Crippen molar-refractivity contribution >= 4 is 0 Å². The van der Waals surface area contributed by atoms with E-state index < -0.39 is 23.6 Å². The minimum Gasteiger partial charge on any atom is -0.329 e. The van der Waals surface area contributed by atoms with Crippen LogP contribution in [0.1, 0.15) is 42.9 Å². The Kier molecular flexibility index (Phi) is 4.65. The van der Waals surface area contributed by atoms with E-state index >= 15 is 0 Å². The summed E-state index contributed by atoms with van der Waals surface area (Å²) in [6, 6.07) is 2.40. The second kappa shape index (κ2) is 6.10. The standard InChI is InChI=1S/C14H18F4N2/c15-11-6-9(5-10(7-11)14(16,17)18)13(8-19)20-12-3-1-2-4-12/h5-7,12-13,20H,1-4,8,19H2. The number of halogens is 4. The van der Waals surface area contributed by atoms with Crippen LogP contribution < -0.4 is 11.1 Å². The van der Waals surface area contributed by atoms with Crippen molar-refractivity contribution in [1.82, 2.24) is 5.32 Å². The van der Waals surface area contributed by atoms with Crippen LogP contribution in [0.25, 0.3) is 0 Å². The van der Waals surface area contributed by atoms with E-state index in [1.54, 1.807) is 0 Å². The zero-order valence-corrected chi connectivity index (χ0v) is 11.0. The second-order valence-corrected chi connectivity index (χ2v) is 5.21. The Bertz CT molecular complexity index is 453. The SMILES string of the molecule is NCC(NC1CCCC1)c1cc(F)cc(C(F)(F)F)c1. The van der Waals surface area contributed by atoms with Crippen molar-refractivity contribution in [3.8, 4) is 0 Å². The fourth-order valence-electron chi connectivity index (χ4n) is 2.65. The molecule has 0 aliphatic heterocycles. The van der Waals surface area contributed by atoms with Gasteiger partial charge in [0.15, 0.2) is 0 Å². The van der Waals surface area contributed by atoms with E-state index in [-0.39, 0.29) is 18.2 Å².